The number of rotatable bonds is 6. The Bertz CT molecular complexity index is 748. The fourth-order valence-electron chi connectivity index (χ4n) is 3.65. The van der Waals surface area contributed by atoms with Crippen LogP contribution >= 0.6 is 0 Å². The Labute approximate surface area is 146 Å². The molecule has 1 aromatic carbocycles. The number of hydrogen-bond donors (Lipinski definition) is 0. The number of fused-ring (bicyclic) bond motifs is 1. The lowest BCUT2D eigenvalue weighted by Gasteiger charge is -2.27. The van der Waals surface area contributed by atoms with Crippen LogP contribution in [0.25, 0.3) is 10.9 Å². The van der Waals surface area contributed by atoms with Crippen LogP contribution in [0.1, 0.15) is 25.7 Å². The minimum Gasteiger partial charge on any atom is -0.377 e. The summed E-state index contributed by atoms with van der Waals surface area (Å²) in [7, 11) is 0. The van der Waals surface area contributed by atoms with Gasteiger partial charge in [-0.15, -0.1) is 5.10 Å². The number of aromatic nitrogens is 3. The molecule has 1 aromatic heterocycles. The zero-order chi connectivity index (χ0) is 17.1. The first-order chi connectivity index (χ1) is 12.3. The van der Waals surface area contributed by atoms with Crippen molar-refractivity contribution >= 4 is 10.9 Å². The highest BCUT2D eigenvalue weighted by Gasteiger charge is 2.24. The zero-order valence-electron chi connectivity index (χ0n) is 14.3. The third kappa shape index (κ3) is 3.89. The van der Waals surface area contributed by atoms with Crippen molar-refractivity contribution in [3.63, 3.8) is 0 Å². The summed E-state index contributed by atoms with van der Waals surface area (Å²) in [6.45, 7) is 3.65. The molecule has 0 N–H and O–H groups in total. The Hall–Kier alpha value is -1.83. The molecule has 7 heteroatoms. The van der Waals surface area contributed by atoms with Crippen molar-refractivity contribution in [2.75, 3.05) is 26.3 Å². The van der Waals surface area contributed by atoms with Crippen molar-refractivity contribution in [3.05, 3.63) is 34.6 Å². The van der Waals surface area contributed by atoms with E-state index in [4.69, 9.17) is 9.47 Å². The summed E-state index contributed by atoms with van der Waals surface area (Å²) < 4.78 is 13.0. The lowest BCUT2D eigenvalue weighted by atomic mass is 10.2. The number of benzene rings is 1. The zero-order valence-corrected chi connectivity index (χ0v) is 14.3. The smallest absolute Gasteiger partial charge is 0.278 e. The van der Waals surface area contributed by atoms with Crippen molar-refractivity contribution < 1.29 is 9.47 Å². The molecule has 0 spiro atoms. The molecule has 2 saturated heterocycles. The van der Waals surface area contributed by atoms with Gasteiger partial charge in [-0.05, 0) is 37.8 Å². The van der Waals surface area contributed by atoms with E-state index in [2.05, 4.69) is 15.2 Å². The van der Waals surface area contributed by atoms with E-state index >= 15 is 0 Å². The molecule has 2 aliphatic heterocycles. The van der Waals surface area contributed by atoms with Crippen LogP contribution in [-0.4, -0.2) is 58.4 Å². The lowest BCUT2D eigenvalue weighted by molar-refractivity contribution is 0.0226. The van der Waals surface area contributed by atoms with E-state index in [0.29, 0.717) is 17.6 Å². The highest BCUT2D eigenvalue weighted by atomic mass is 16.5. The molecule has 25 heavy (non-hydrogen) atoms. The van der Waals surface area contributed by atoms with Gasteiger partial charge in [-0.2, -0.15) is 4.68 Å². The monoisotopic (exact) mass is 344 g/mol. The van der Waals surface area contributed by atoms with Gasteiger partial charge in [0.05, 0.1) is 24.3 Å². The van der Waals surface area contributed by atoms with E-state index in [1.54, 1.807) is 6.07 Å². The Morgan fingerprint density at radius 3 is 2.40 bits per heavy atom. The molecular weight excluding hydrogens is 320 g/mol. The summed E-state index contributed by atoms with van der Waals surface area (Å²) in [5.74, 6) is 0. The lowest BCUT2D eigenvalue weighted by Crippen LogP contribution is -2.42. The van der Waals surface area contributed by atoms with Crippen LogP contribution in [0.15, 0.2) is 29.1 Å². The molecule has 2 fully saturated rings. The van der Waals surface area contributed by atoms with E-state index in [0.717, 1.165) is 52.0 Å². The minimum atomic E-state index is -0.102. The van der Waals surface area contributed by atoms with Crippen LogP contribution in [0.2, 0.25) is 0 Å². The molecule has 2 atom stereocenters. The van der Waals surface area contributed by atoms with Gasteiger partial charge >= 0.3 is 0 Å². The van der Waals surface area contributed by atoms with Gasteiger partial charge in [0, 0.05) is 26.3 Å². The standard InChI is InChI=1S/C18H24N4O3/c23-18-16-7-1-2-8-17(16)19-20-22(18)13-21(11-14-5-3-9-24-14)12-15-6-4-10-25-15/h1-2,7-8,14-15H,3-6,9-13H2/t14-,15-/m0/s1. The third-order valence-corrected chi connectivity index (χ3v) is 4.93. The van der Waals surface area contributed by atoms with Gasteiger partial charge in [0.25, 0.3) is 5.56 Å². The highest BCUT2D eigenvalue weighted by Crippen LogP contribution is 2.17. The molecule has 0 aliphatic carbocycles. The molecule has 4 rings (SSSR count). The van der Waals surface area contributed by atoms with E-state index in [-0.39, 0.29) is 17.8 Å². The molecule has 134 valence electrons. The van der Waals surface area contributed by atoms with E-state index < -0.39 is 0 Å². The number of hydrogen-bond acceptors (Lipinski definition) is 6. The van der Waals surface area contributed by atoms with Crippen LogP contribution in [0.5, 0.6) is 0 Å². The Morgan fingerprint density at radius 2 is 1.76 bits per heavy atom. The highest BCUT2D eigenvalue weighted by molar-refractivity contribution is 5.76. The fourth-order valence-corrected chi connectivity index (χ4v) is 3.65. The van der Waals surface area contributed by atoms with Gasteiger partial charge in [0.15, 0.2) is 0 Å². The quantitative estimate of drug-likeness (QED) is 0.789. The van der Waals surface area contributed by atoms with Crippen molar-refractivity contribution in [2.45, 2.75) is 44.6 Å². The van der Waals surface area contributed by atoms with Crippen LogP contribution in [0, 0.1) is 0 Å². The van der Waals surface area contributed by atoms with Gasteiger partial charge in [0.1, 0.15) is 5.52 Å². The first-order valence-electron chi connectivity index (χ1n) is 9.08. The maximum absolute atomic E-state index is 12.7. The van der Waals surface area contributed by atoms with Crippen molar-refractivity contribution in [1.29, 1.82) is 0 Å². The second-order valence-corrected chi connectivity index (χ2v) is 6.86. The van der Waals surface area contributed by atoms with Gasteiger partial charge in [-0.25, -0.2) is 0 Å². The molecule has 2 aromatic rings. The largest absolute Gasteiger partial charge is 0.377 e. The molecule has 0 unspecified atom stereocenters. The second kappa shape index (κ2) is 7.59. The van der Waals surface area contributed by atoms with Crippen LogP contribution < -0.4 is 5.56 Å². The summed E-state index contributed by atoms with van der Waals surface area (Å²) in [5.41, 5.74) is 0.531. The molecule has 3 heterocycles. The Kier molecular flexibility index (Phi) is 5.05. The third-order valence-electron chi connectivity index (χ3n) is 4.93. The Morgan fingerprint density at radius 1 is 1.08 bits per heavy atom. The first kappa shape index (κ1) is 16.6. The molecule has 7 nitrogen and oxygen atoms in total. The van der Waals surface area contributed by atoms with Crippen LogP contribution in [-0.2, 0) is 16.1 Å². The molecule has 0 radical (unpaired) electrons. The van der Waals surface area contributed by atoms with Gasteiger partial charge in [-0.3, -0.25) is 9.69 Å². The van der Waals surface area contributed by atoms with Crippen LogP contribution in [0.3, 0.4) is 0 Å². The number of nitrogens with zero attached hydrogens (tertiary/aromatic N) is 4. The van der Waals surface area contributed by atoms with Gasteiger partial charge in [-0.1, -0.05) is 17.3 Å². The predicted octanol–water partition coefficient (Wildman–Crippen LogP) is 1.41. The predicted molar refractivity (Wildman–Crippen MR) is 93.3 cm³/mol. The SMILES string of the molecule is O=c1c2ccccc2nnn1CN(C[C@@H]1CCCO1)C[C@@H]1CCCO1. The first-order valence-corrected chi connectivity index (χ1v) is 9.08. The van der Waals surface area contributed by atoms with Crippen molar-refractivity contribution in [1.82, 2.24) is 19.9 Å². The summed E-state index contributed by atoms with van der Waals surface area (Å²) in [6.07, 6.45) is 4.80. The Balaban J connectivity index is 1.54. The maximum Gasteiger partial charge on any atom is 0.278 e. The van der Waals surface area contributed by atoms with E-state index in [9.17, 15) is 4.79 Å². The van der Waals surface area contributed by atoms with Gasteiger partial charge in [0.2, 0.25) is 0 Å². The summed E-state index contributed by atoms with van der Waals surface area (Å²) in [5, 5.41) is 8.91. The summed E-state index contributed by atoms with van der Waals surface area (Å²) in [4.78, 5) is 14.9. The van der Waals surface area contributed by atoms with E-state index in [1.165, 1.54) is 4.68 Å². The average Bonchev–Trinajstić information content (AvgIpc) is 3.32. The van der Waals surface area contributed by atoms with Crippen molar-refractivity contribution in [3.8, 4) is 0 Å². The van der Waals surface area contributed by atoms with Crippen molar-refractivity contribution in [2.24, 2.45) is 0 Å². The topological polar surface area (TPSA) is 69.5 Å². The maximum atomic E-state index is 12.7. The fraction of sp³-hybridized carbons (Fsp3) is 0.611. The normalized spacial score (nSPS) is 23.7. The molecule has 0 amide bonds. The summed E-state index contributed by atoms with van der Waals surface area (Å²) in [6, 6.07) is 7.33. The molecule has 2 aliphatic rings. The van der Waals surface area contributed by atoms with E-state index in [1.807, 2.05) is 18.2 Å². The molecule has 0 bridgehead atoms. The average molecular weight is 344 g/mol. The van der Waals surface area contributed by atoms with Gasteiger partial charge < -0.3 is 9.47 Å². The minimum absolute atomic E-state index is 0.102. The molecular formula is C18H24N4O3. The van der Waals surface area contributed by atoms with Crippen LogP contribution in [0.4, 0.5) is 0 Å². The second-order valence-electron chi connectivity index (χ2n) is 6.86. The summed E-state index contributed by atoms with van der Waals surface area (Å²) >= 11 is 0. The number of ether oxygens (including phenoxy) is 2. The molecule has 0 saturated carbocycles.